The summed E-state index contributed by atoms with van der Waals surface area (Å²) in [7, 11) is 1.53. The first-order chi connectivity index (χ1) is 10.9. The number of alkyl halides is 3. The first-order valence-electron chi connectivity index (χ1n) is 6.60. The molecule has 0 spiro atoms. The number of aromatic nitrogens is 1. The molecule has 122 valence electrons. The van der Waals surface area contributed by atoms with Gasteiger partial charge in [0, 0.05) is 6.20 Å². The molecule has 1 aromatic heterocycles. The third-order valence-corrected chi connectivity index (χ3v) is 3.56. The predicted molar refractivity (Wildman–Crippen MR) is 92.4 cm³/mol. The molecule has 23 heavy (non-hydrogen) atoms. The Bertz CT molecular complexity index is 663. The number of pyridine rings is 1. The topological polar surface area (TPSA) is 63.2 Å². The van der Waals surface area contributed by atoms with E-state index < -0.39 is 15.9 Å². The van der Waals surface area contributed by atoms with Crippen LogP contribution in [0.3, 0.4) is 0 Å². The maximum absolute atomic E-state index is 12.2. The van der Waals surface area contributed by atoms with Crippen LogP contribution in [0.1, 0.15) is 10.5 Å². The van der Waals surface area contributed by atoms with Gasteiger partial charge in [0.2, 0.25) is 3.79 Å². The van der Waals surface area contributed by atoms with Crippen molar-refractivity contribution in [3.05, 3.63) is 54.4 Å². The van der Waals surface area contributed by atoms with Crippen molar-refractivity contribution in [1.82, 2.24) is 10.3 Å². The Morgan fingerprint density at radius 2 is 1.87 bits per heavy atom. The predicted octanol–water partition coefficient (Wildman–Crippen LogP) is 3.63. The number of para-hydroxylation sites is 2. The number of nitrogens with zero attached hydrogens (tertiary/aromatic N) is 1. The zero-order valence-electron chi connectivity index (χ0n) is 12.1. The molecule has 0 aliphatic rings. The lowest BCUT2D eigenvalue weighted by Gasteiger charge is -2.27. The summed E-state index contributed by atoms with van der Waals surface area (Å²) in [5, 5.41) is 5.57. The summed E-state index contributed by atoms with van der Waals surface area (Å²) in [5.74, 6) is 0.0863. The minimum atomic E-state index is -1.79. The van der Waals surface area contributed by atoms with Crippen molar-refractivity contribution in [2.24, 2.45) is 0 Å². The van der Waals surface area contributed by atoms with E-state index in [1.807, 2.05) is 0 Å². The average Bonchev–Trinajstić information content (AvgIpc) is 2.54. The number of benzene rings is 1. The molecule has 8 heteroatoms. The lowest BCUT2D eigenvalue weighted by Crippen LogP contribution is -2.49. The highest BCUT2D eigenvalue weighted by atomic mass is 35.6. The minimum Gasteiger partial charge on any atom is -0.495 e. The van der Waals surface area contributed by atoms with Crippen LogP contribution in [-0.4, -0.2) is 28.0 Å². The number of anilines is 1. The van der Waals surface area contributed by atoms with Gasteiger partial charge >= 0.3 is 0 Å². The van der Waals surface area contributed by atoms with Crippen molar-refractivity contribution in [2.45, 2.75) is 9.96 Å². The largest absolute Gasteiger partial charge is 0.495 e. The van der Waals surface area contributed by atoms with Gasteiger partial charge in [-0.25, -0.2) is 0 Å². The molecule has 0 aliphatic carbocycles. The molecule has 5 nitrogen and oxygen atoms in total. The van der Waals surface area contributed by atoms with Crippen LogP contribution in [0.5, 0.6) is 5.75 Å². The van der Waals surface area contributed by atoms with Crippen LogP contribution in [0, 0.1) is 0 Å². The van der Waals surface area contributed by atoms with Crippen LogP contribution in [0.2, 0.25) is 0 Å². The third-order valence-electron chi connectivity index (χ3n) is 2.91. The fourth-order valence-electron chi connectivity index (χ4n) is 1.82. The quantitative estimate of drug-likeness (QED) is 0.620. The van der Waals surface area contributed by atoms with Crippen LogP contribution in [0.4, 0.5) is 5.69 Å². The number of ether oxygens (including phenoxy) is 1. The molecule has 0 saturated carbocycles. The number of amides is 1. The van der Waals surface area contributed by atoms with Gasteiger partial charge in [0.25, 0.3) is 5.91 Å². The first kappa shape index (κ1) is 17.7. The third kappa shape index (κ3) is 4.89. The van der Waals surface area contributed by atoms with Gasteiger partial charge in [-0.3, -0.25) is 9.78 Å². The molecule has 0 unspecified atom stereocenters. The second-order valence-corrected chi connectivity index (χ2v) is 6.88. The number of rotatable bonds is 5. The van der Waals surface area contributed by atoms with Crippen LogP contribution >= 0.6 is 34.8 Å². The van der Waals surface area contributed by atoms with E-state index in [0.29, 0.717) is 11.4 Å². The lowest BCUT2D eigenvalue weighted by atomic mass is 10.2. The van der Waals surface area contributed by atoms with E-state index in [9.17, 15) is 4.79 Å². The lowest BCUT2D eigenvalue weighted by molar-refractivity contribution is 0.0936. The molecular weight excluding hydrogens is 361 g/mol. The summed E-state index contributed by atoms with van der Waals surface area (Å²) in [4.78, 5) is 16.2. The number of carbonyl (C=O) groups is 1. The van der Waals surface area contributed by atoms with E-state index in [0.717, 1.165) is 0 Å². The Hall–Kier alpha value is -1.69. The number of hydrogen-bond acceptors (Lipinski definition) is 4. The fourth-order valence-corrected chi connectivity index (χ4v) is 2.15. The van der Waals surface area contributed by atoms with E-state index in [1.165, 1.54) is 13.3 Å². The normalized spacial score (nSPS) is 12.3. The average molecular weight is 375 g/mol. The Morgan fingerprint density at radius 1 is 1.17 bits per heavy atom. The molecule has 0 fully saturated rings. The highest BCUT2D eigenvalue weighted by Gasteiger charge is 2.35. The number of nitrogens with one attached hydrogen (secondary N) is 2. The molecule has 2 N–H and O–H groups in total. The summed E-state index contributed by atoms with van der Waals surface area (Å²) in [6.07, 6.45) is 0.519. The van der Waals surface area contributed by atoms with Crippen LogP contribution in [-0.2, 0) is 0 Å². The van der Waals surface area contributed by atoms with E-state index in [4.69, 9.17) is 39.5 Å². The van der Waals surface area contributed by atoms with Gasteiger partial charge < -0.3 is 15.4 Å². The van der Waals surface area contributed by atoms with Gasteiger partial charge in [-0.05, 0) is 24.3 Å². The Morgan fingerprint density at radius 3 is 2.48 bits per heavy atom. The zero-order valence-corrected chi connectivity index (χ0v) is 14.4. The maximum Gasteiger partial charge on any atom is 0.271 e. The van der Waals surface area contributed by atoms with Crippen LogP contribution < -0.4 is 15.4 Å². The zero-order chi connectivity index (χ0) is 16.9. The van der Waals surface area contributed by atoms with Gasteiger partial charge in [0.1, 0.15) is 17.6 Å². The van der Waals surface area contributed by atoms with Gasteiger partial charge in [-0.1, -0.05) is 53.0 Å². The van der Waals surface area contributed by atoms with E-state index in [2.05, 4.69) is 15.6 Å². The summed E-state index contributed by atoms with van der Waals surface area (Å²) >= 11 is 17.9. The SMILES string of the molecule is COc1ccccc1N[C@@H](NC(=O)c1ccccn1)C(Cl)(Cl)Cl. The number of carbonyl (C=O) groups excluding carboxylic acids is 1. The Labute approximate surface area is 148 Å². The standard InChI is InChI=1S/C15H14Cl3N3O2/c1-23-12-8-3-2-6-10(12)20-14(15(16,17)18)21-13(22)11-7-4-5-9-19-11/h2-9,14,20H,1H3,(H,21,22)/t14-/m0/s1. The van der Waals surface area contributed by atoms with Crippen molar-refractivity contribution >= 4 is 46.4 Å². The molecule has 1 amide bonds. The van der Waals surface area contributed by atoms with Gasteiger partial charge in [0.15, 0.2) is 0 Å². The summed E-state index contributed by atoms with van der Waals surface area (Å²) in [6, 6.07) is 12.1. The molecular formula is C15H14Cl3N3O2. The summed E-state index contributed by atoms with van der Waals surface area (Å²) in [5.41, 5.74) is 0.793. The smallest absolute Gasteiger partial charge is 0.271 e. The van der Waals surface area contributed by atoms with Gasteiger partial charge in [0.05, 0.1) is 12.8 Å². The van der Waals surface area contributed by atoms with Crippen LogP contribution in [0.25, 0.3) is 0 Å². The highest BCUT2D eigenvalue weighted by Crippen LogP contribution is 2.33. The van der Waals surface area contributed by atoms with E-state index in [1.54, 1.807) is 42.5 Å². The van der Waals surface area contributed by atoms with Crippen LogP contribution in [0.15, 0.2) is 48.7 Å². The molecule has 0 aliphatic heterocycles. The first-order valence-corrected chi connectivity index (χ1v) is 7.73. The number of hydrogen-bond donors (Lipinski definition) is 2. The van der Waals surface area contributed by atoms with Crippen molar-refractivity contribution in [3.8, 4) is 5.75 Å². The number of halogens is 3. The van der Waals surface area contributed by atoms with E-state index in [-0.39, 0.29) is 5.69 Å². The fraction of sp³-hybridized carbons (Fsp3) is 0.200. The molecule has 1 heterocycles. The van der Waals surface area contributed by atoms with Crippen molar-refractivity contribution in [1.29, 1.82) is 0 Å². The van der Waals surface area contributed by atoms with Crippen molar-refractivity contribution in [2.75, 3.05) is 12.4 Å². The highest BCUT2D eigenvalue weighted by molar-refractivity contribution is 6.68. The Kier molecular flexibility index (Phi) is 5.93. The summed E-state index contributed by atoms with van der Waals surface area (Å²) in [6.45, 7) is 0. The monoisotopic (exact) mass is 373 g/mol. The second-order valence-electron chi connectivity index (χ2n) is 4.51. The molecule has 1 atom stereocenters. The second kappa shape index (κ2) is 7.73. The molecule has 0 radical (unpaired) electrons. The van der Waals surface area contributed by atoms with E-state index >= 15 is 0 Å². The Balaban J connectivity index is 2.20. The van der Waals surface area contributed by atoms with Gasteiger partial charge in [-0.2, -0.15) is 0 Å². The minimum absolute atomic E-state index is 0.216. The van der Waals surface area contributed by atoms with Crippen molar-refractivity contribution < 1.29 is 9.53 Å². The summed E-state index contributed by atoms with van der Waals surface area (Å²) < 4.78 is 3.45. The molecule has 1 aromatic carbocycles. The molecule has 2 rings (SSSR count). The van der Waals surface area contributed by atoms with Crippen molar-refractivity contribution in [3.63, 3.8) is 0 Å². The van der Waals surface area contributed by atoms with Gasteiger partial charge in [-0.15, -0.1) is 0 Å². The number of methoxy groups -OCH3 is 1. The maximum atomic E-state index is 12.2. The molecule has 0 saturated heterocycles. The molecule has 2 aromatic rings. The molecule has 0 bridgehead atoms.